The molecule has 0 aliphatic carbocycles. The molecule has 0 radical (unpaired) electrons. The van der Waals surface area contributed by atoms with Crippen molar-refractivity contribution in [1.29, 1.82) is 0 Å². The van der Waals surface area contributed by atoms with Gasteiger partial charge >= 0.3 is 21.6 Å². The molecular formula is C13H23F3O5S. The van der Waals surface area contributed by atoms with Crippen LogP contribution in [0.1, 0.15) is 58.8 Å². The summed E-state index contributed by atoms with van der Waals surface area (Å²) in [7, 11) is -5.80. The molecule has 0 heterocycles. The van der Waals surface area contributed by atoms with E-state index in [0.717, 1.165) is 32.1 Å². The highest BCUT2D eigenvalue weighted by Gasteiger charge is 2.49. The highest BCUT2D eigenvalue weighted by Crippen LogP contribution is 2.26. The molecule has 132 valence electrons. The lowest BCUT2D eigenvalue weighted by molar-refractivity contribution is -0.152. The predicted molar refractivity (Wildman–Crippen MR) is 74.5 cm³/mol. The molecule has 0 bridgehead atoms. The van der Waals surface area contributed by atoms with Gasteiger partial charge in [-0.3, -0.25) is 0 Å². The number of ether oxygens (including phenoxy) is 1. The zero-order valence-corrected chi connectivity index (χ0v) is 13.6. The first-order valence-corrected chi connectivity index (χ1v) is 8.72. The molecule has 1 atom stereocenters. The zero-order valence-electron chi connectivity index (χ0n) is 12.8. The summed E-state index contributed by atoms with van der Waals surface area (Å²) in [5.41, 5.74) is -5.56. The molecule has 0 aliphatic rings. The van der Waals surface area contributed by atoms with Gasteiger partial charge in [0.2, 0.25) is 0 Å². The number of esters is 1. The Labute approximate surface area is 129 Å². The summed E-state index contributed by atoms with van der Waals surface area (Å²) in [5.74, 6) is -1.09. The van der Waals surface area contributed by atoms with Gasteiger partial charge in [-0.2, -0.15) is 21.6 Å². The summed E-state index contributed by atoms with van der Waals surface area (Å²) < 4.78 is 66.9. The molecule has 0 saturated heterocycles. The molecule has 0 N–H and O–H groups in total. The molecule has 0 aromatic carbocycles. The third kappa shape index (κ3) is 7.98. The van der Waals surface area contributed by atoms with Gasteiger partial charge < -0.3 is 4.74 Å². The Hall–Kier alpha value is -0.830. The van der Waals surface area contributed by atoms with Crippen molar-refractivity contribution in [2.45, 2.75) is 70.4 Å². The van der Waals surface area contributed by atoms with Crippen LogP contribution in [0.5, 0.6) is 0 Å². The normalized spacial score (nSPS) is 13.9. The van der Waals surface area contributed by atoms with E-state index in [9.17, 15) is 26.4 Å². The van der Waals surface area contributed by atoms with Crippen LogP contribution in [0.2, 0.25) is 0 Å². The SMILES string of the molecule is CCCCCCCCOC(=O)C(CC)OS(=O)(=O)C(F)(F)F. The number of carbonyl (C=O) groups is 1. The lowest BCUT2D eigenvalue weighted by Gasteiger charge is -2.16. The Morgan fingerprint density at radius 3 is 2.09 bits per heavy atom. The maximum Gasteiger partial charge on any atom is 0.523 e. The maximum atomic E-state index is 12.2. The molecule has 0 aromatic rings. The van der Waals surface area contributed by atoms with Crippen LogP contribution in [-0.2, 0) is 23.8 Å². The van der Waals surface area contributed by atoms with Crippen LogP contribution >= 0.6 is 0 Å². The van der Waals surface area contributed by atoms with E-state index in [1.165, 1.54) is 6.92 Å². The van der Waals surface area contributed by atoms with Crippen LogP contribution in [0.4, 0.5) is 13.2 Å². The van der Waals surface area contributed by atoms with Crippen molar-refractivity contribution in [1.82, 2.24) is 0 Å². The summed E-state index contributed by atoms with van der Waals surface area (Å²) in [6, 6.07) is 0. The van der Waals surface area contributed by atoms with Gasteiger partial charge in [0.1, 0.15) is 0 Å². The molecule has 0 amide bonds. The van der Waals surface area contributed by atoms with E-state index in [-0.39, 0.29) is 13.0 Å². The second-order valence-electron chi connectivity index (χ2n) is 4.83. The van der Waals surface area contributed by atoms with Gasteiger partial charge in [-0.1, -0.05) is 46.0 Å². The Bertz CT molecular complexity index is 420. The molecule has 5 nitrogen and oxygen atoms in total. The molecule has 0 aromatic heterocycles. The first-order valence-electron chi connectivity index (χ1n) is 7.31. The Balaban J connectivity index is 4.17. The first-order chi connectivity index (χ1) is 10.2. The van der Waals surface area contributed by atoms with Crippen LogP contribution in [-0.4, -0.2) is 32.6 Å². The molecule has 0 spiro atoms. The number of alkyl halides is 3. The topological polar surface area (TPSA) is 69.7 Å². The fourth-order valence-corrected chi connectivity index (χ4v) is 2.26. The van der Waals surface area contributed by atoms with E-state index in [0.29, 0.717) is 6.42 Å². The second kappa shape index (κ2) is 10.0. The summed E-state index contributed by atoms with van der Waals surface area (Å²) in [5, 5.41) is 0. The highest BCUT2D eigenvalue weighted by atomic mass is 32.2. The lowest BCUT2D eigenvalue weighted by Crippen LogP contribution is -2.34. The minimum Gasteiger partial charge on any atom is -0.464 e. The van der Waals surface area contributed by atoms with Crippen LogP contribution in [0.25, 0.3) is 0 Å². The summed E-state index contributed by atoms with van der Waals surface area (Å²) in [4.78, 5) is 11.5. The van der Waals surface area contributed by atoms with Crippen LogP contribution in [0, 0.1) is 0 Å². The fourth-order valence-electron chi connectivity index (χ4n) is 1.63. The highest BCUT2D eigenvalue weighted by molar-refractivity contribution is 7.87. The molecule has 0 rings (SSSR count). The van der Waals surface area contributed by atoms with Crippen molar-refractivity contribution in [2.75, 3.05) is 6.61 Å². The first kappa shape index (κ1) is 21.2. The number of carbonyl (C=O) groups excluding carboxylic acids is 1. The van der Waals surface area contributed by atoms with E-state index in [1.807, 2.05) is 0 Å². The van der Waals surface area contributed by atoms with Crippen molar-refractivity contribution >= 4 is 16.1 Å². The number of unbranched alkanes of at least 4 members (excludes halogenated alkanes) is 5. The van der Waals surface area contributed by atoms with Gasteiger partial charge in [-0.05, 0) is 12.8 Å². The van der Waals surface area contributed by atoms with E-state index in [1.54, 1.807) is 0 Å². The summed E-state index contributed by atoms with van der Waals surface area (Å²) in [6.45, 7) is 3.46. The number of hydrogen-bond donors (Lipinski definition) is 0. The molecule has 0 aliphatic heterocycles. The zero-order chi connectivity index (χ0) is 17.2. The maximum absolute atomic E-state index is 12.2. The smallest absolute Gasteiger partial charge is 0.464 e. The minimum absolute atomic E-state index is 0.0386. The quantitative estimate of drug-likeness (QED) is 0.247. The molecular weight excluding hydrogens is 325 g/mol. The van der Waals surface area contributed by atoms with Gasteiger partial charge in [0, 0.05) is 0 Å². The molecule has 0 fully saturated rings. The van der Waals surface area contributed by atoms with E-state index in [2.05, 4.69) is 11.1 Å². The monoisotopic (exact) mass is 348 g/mol. The molecule has 22 heavy (non-hydrogen) atoms. The van der Waals surface area contributed by atoms with Gasteiger partial charge in [0.05, 0.1) is 6.61 Å². The van der Waals surface area contributed by atoms with Gasteiger partial charge in [0.15, 0.2) is 6.10 Å². The Morgan fingerprint density at radius 1 is 1.05 bits per heavy atom. The number of halogens is 3. The standard InChI is InChI=1S/C13H23F3O5S/c1-3-5-6-7-8-9-10-20-12(17)11(4-2)21-22(18,19)13(14,15)16/h11H,3-10H2,1-2H3. The average Bonchev–Trinajstić information content (AvgIpc) is 2.42. The van der Waals surface area contributed by atoms with Gasteiger partial charge in [-0.25, -0.2) is 8.98 Å². The minimum atomic E-state index is -5.80. The lowest BCUT2D eigenvalue weighted by atomic mass is 10.1. The molecule has 0 saturated carbocycles. The predicted octanol–water partition coefficient (Wildman–Crippen LogP) is 3.53. The average molecular weight is 348 g/mol. The van der Waals surface area contributed by atoms with E-state index in [4.69, 9.17) is 4.74 Å². The second-order valence-corrected chi connectivity index (χ2v) is 6.39. The fraction of sp³-hybridized carbons (Fsp3) is 0.923. The molecule has 9 heteroatoms. The van der Waals surface area contributed by atoms with Gasteiger partial charge in [-0.15, -0.1) is 0 Å². The number of rotatable bonds is 11. The largest absolute Gasteiger partial charge is 0.523 e. The third-order valence-electron chi connectivity index (χ3n) is 2.90. The van der Waals surface area contributed by atoms with Crippen LogP contribution < -0.4 is 0 Å². The van der Waals surface area contributed by atoms with Crippen molar-refractivity contribution < 1.29 is 35.3 Å². The summed E-state index contributed by atoms with van der Waals surface area (Å²) >= 11 is 0. The Kier molecular flexibility index (Phi) is 9.66. The van der Waals surface area contributed by atoms with Crippen LogP contribution in [0.15, 0.2) is 0 Å². The Morgan fingerprint density at radius 2 is 1.59 bits per heavy atom. The van der Waals surface area contributed by atoms with Crippen molar-refractivity contribution in [2.24, 2.45) is 0 Å². The summed E-state index contributed by atoms with van der Waals surface area (Å²) in [6.07, 6.45) is 3.72. The van der Waals surface area contributed by atoms with Crippen molar-refractivity contribution in [3.8, 4) is 0 Å². The van der Waals surface area contributed by atoms with Crippen molar-refractivity contribution in [3.05, 3.63) is 0 Å². The van der Waals surface area contributed by atoms with E-state index >= 15 is 0 Å². The number of hydrogen-bond acceptors (Lipinski definition) is 5. The van der Waals surface area contributed by atoms with Gasteiger partial charge in [0.25, 0.3) is 0 Å². The molecule has 1 unspecified atom stereocenters. The third-order valence-corrected chi connectivity index (χ3v) is 3.95. The van der Waals surface area contributed by atoms with Crippen molar-refractivity contribution in [3.63, 3.8) is 0 Å². The van der Waals surface area contributed by atoms with Crippen LogP contribution in [0.3, 0.4) is 0 Å². The van der Waals surface area contributed by atoms with E-state index < -0.39 is 27.7 Å².